The maximum absolute atomic E-state index is 14.9. The van der Waals surface area contributed by atoms with Crippen LogP contribution in [-0.4, -0.2) is 44.4 Å². The number of imidazole rings is 1. The molecule has 1 fully saturated rings. The number of aromatic nitrogens is 4. The highest BCUT2D eigenvalue weighted by Crippen LogP contribution is 2.55. The van der Waals surface area contributed by atoms with E-state index in [-0.39, 0.29) is 41.4 Å². The molecule has 0 radical (unpaired) electrons. The fourth-order valence-electron chi connectivity index (χ4n) is 6.92. The molecule has 7 aromatic rings. The monoisotopic (exact) mass is 823 g/mol. The molecule has 1 unspecified atom stereocenters. The number of hydrogen-bond acceptors (Lipinski definition) is 11. The van der Waals surface area contributed by atoms with E-state index in [1.54, 1.807) is 53.1 Å². The number of nitrogens with two attached hydrogens (primary N) is 1. The van der Waals surface area contributed by atoms with Gasteiger partial charge in [-0.05, 0) is 41.5 Å². The quantitative estimate of drug-likeness (QED) is 0.0600. The summed E-state index contributed by atoms with van der Waals surface area (Å²) in [6, 6.07) is 42.4. The molecule has 0 aliphatic carbocycles. The van der Waals surface area contributed by atoms with E-state index in [2.05, 4.69) is 15.0 Å². The van der Waals surface area contributed by atoms with Crippen molar-refractivity contribution in [3.05, 3.63) is 174 Å². The van der Waals surface area contributed by atoms with Crippen molar-refractivity contribution < 1.29 is 32.3 Å². The van der Waals surface area contributed by atoms with Gasteiger partial charge in [-0.2, -0.15) is 0 Å². The third-order valence-electron chi connectivity index (χ3n) is 9.40. The Morgan fingerprint density at radius 1 is 0.789 bits per heavy atom. The molecule has 0 spiro atoms. The van der Waals surface area contributed by atoms with Crippen molar-refractivity contribution in [2.24, 2.45) is 0 Å². The number of anilines is 1. The molecule has 57 heavy (non-hydrogen) atoms. The van der Waals surface area contributed by atoms with E-state index in [9.17, 15) is 4.57 Å². The summed E-state index contributed by atoms with van der Waals surface area (Å²) in [5, 5.41) is 0.216. The Morgan fingerprint density at radius 3 is 2.11 bits per heavy atom. The van der Waals surface area contributed by atoms with Gasteiger partial charge in [-0.3, -0.25) is 9.09 Å². The van der Waals surface area contributed by atoms with Crippen LogP contribution in [0.3, 0.4) is 0 Å². The first-order valence-corrected chi connectivity index (χ1v) is 20.3. The zero-order valence-corrected chi connectivity index (χ0v) is 32.6. The number of ether oxygens (including phenoxy) is 3. The number of alkyl halides is 1. The highest BCUT2D eigenvalue weighted by molar-refractivity contribution is 7.49. The number of benzene rings is 5. The molecule has 0 bridgehead atoms. The Bertz CT molecular complexity index is 2440. The summed E-state index contributed by atoms with van der Waals surface area (Å²) < 4.78 is 55.0. The Hall–Kier alpha value is -5.46. The second-order valence-electron chi connectivity index (χ2n) is 13.0. The van der Waals surface area contributed by atoms with E-state index in [0.717, 1.165) is 16.7 Å². The molecule has 290 valence electrons. The lowest BCUT2D eigenvalue weighted by Gasteiger charge is -2.37. The van der Waals surface area contributed by atoms with E-state index in [1.165, 1.54) is 12.7 Å². The van der Waals surface area contributed by atoms with Gasteiger partial charge in [-0.1, -0.05) is 132 Å². The molecule has 3 heterocycles. The van der Waals surface area contributed by atoms with Gasteiger partial charge in [0.05, 0.1) is 24.1 Å². The van der Waals surface area contributed by atoms with Gasteiger partial charge < -0.3 is 29.0 Å². The molecule has 0 saturated carbocycles. The fraction of sp³-hybridized carbons (Fsp3) is 0.167. The minimum absolute atomic E-state index is 0.0221. The van der Waals surface area contributed by atoms with E-state index in [1.807, 2.05) is 91.0 Å². The Labute approximate surface area is 338 Å². The summed E-state index contributed by atoms with van der Waals surface area (Å²) >= 11 is 12.6. The molecular formula is C42H36Cl2N5O7P. The van der Waals surface area contributed by atoms with Crippen LogP contribution < -0.4 is 19.5 Å². The molecule has 8 rings (SSSR count). The first-order chi connectivity index (χ1) is 27.9. The number of nitrogen functional groups attached to an aromatic ring is 1. The van der Waals surface area contributed by atoms with Crippen molar-refractivity contribution in [3.63, 3.8) is 0 Å². The predicted octanol–water partition coefficient (Wildman–Crippen LogP) is 9.58. The maximum atomic E-state index is 14.9. The normalized spacial score (nSPS) is 17.9. The Kier molecular flexibility index (Phi) is 11.4. The van der Waals surface area contributed by atoms with Crippen molar-refractivity contribution in [1.82, 2.24) is 19.5 Å². The van der Waals surface area contributed by atoms with Crippen LogP contribution in [0, 0.1) is 0 Å². The average Bonchev–Trinajstić information content (AvgIpc) is 3.85. The largest absolute Gasteiger partial charge is 0.588 e. The molecule has 4 atom stereocenters. The summed E-state index contributed by atoms with van der Waals surface area (Å²) in [4.78, 5) is 13.0. The lowest BCUT2D eigenvalue weighted by molar-refractivity contribution is -0.0847. The molecule has 12 nitrogen and oxygen atoms in total. The number of fused-ring (bicyclic) bond motifs is 1. The van der Waals surface area contributed by atoms with Crippen LogP contribution in [0.25, 0.3) is 11.2 Å². The van der Waals surface area contributed by atoms with Gasteiger partial charge >= 0.3 is 7.82 Å². The minimum Gasteiger partial charge on any atom is -0.477 e. The second kappa shape index (κ2) is 17.0. The summed E-state index contributed by atoms with van der Waals surface area (Å²) in [7, 11) is -4.51. The van der Waals surface area contributed by atoms with Crippen molar-refractivity contribution in [3.8, 4) is 17.2 Å². The molecule has 0 amide bonds. The number of nitrogens with zero attached hydrogens (tertiary/aromatic N) is 4. The first-order valence-electron chi connectivity index (χ1n) is 18.0. The summed E-state index contributed by atoms with van der Waals surface area (Å²) in [6.45, 7) is 0.0221. The molecule has 1 aliphatic rings. The molecular weight excluding hydrogens is 788 g/mol. The maximum Gasteiger partial charge on any atom is 0.588 e. The first kappa shape index (κ1) is 38.4. The number of halogens is 2. The summed E-state index contributed by atoms with van der Waals surface area (Å²) in [6.07, 6.45) is 0.428. The van der Waals surface area contributed by atoms with Gasteiger partial charge in [0.15, 0.2) is 29.5 Å². The van der Waals surface area contributed by atoms with Crippen molar-refractivity contribution in [2.75, 3.05) is 18.4 Å². The predicted molar refractivity (Wildman–Crippen MR) is 216 cm³/mol. The van der Waals surface area contributed by atoms with Gasteiger partial charge in [0, 0.05) is 12.0 Å². The zero-order valence-electron chi connectivity index (χ0n) is 30.2. The Morgan fingerprint density at radius 2 is 1.42 bits per heavy atom. The van der Waals surface area contributed by atoms with Gasteiger partial charge in [-0.25, -0.2) is 19.5 Å². The average molecular weight is 825 g/mol. The highest BCUT2D eigenvalue weighted by Gasteiger charge is 2.47. The van der Waals surface area contributed by atoms with Crippen LogP contribution in [0.1, 0.15) is 29.3 Å². The third kappa shape index (κ3) is 8.06. The van der Waals surface area contributed by atoms with Crippen LogP contribution in [0.2, 0.25) is 5.02 Å². The number of phosphoric acid groups is 1. The van der Waals surface area contributed by atoms with Crippen molar-refractivity contribution in [2.45, 2.75) is 30.5 Å². The van der Waals surface area contributed by atoms with E-state index < -0.39 is 31.9 Å². The SMILES string of the molecule is Nc1ncnc2c1ncn2[C@@H]1O[C@H](COC(c2ccccc2)(c2ccccc2)c2ccccc2OCCl)C[C@H]1OP(=O)(Oc1ccccc1)Oc1ccccc1Cl. The van der Waals surface area contributed by atoms with Gasteiger partial charge in [0.25, 0.3) is 0 Å². The number of hydrogen-bond donors (Lipinski definition) is 1. The third-order valence-corrected chi connectivity index (χ3v) is 11.2. The van der Waals surface area contributed by atoms with E-state index in [4.69, 9.17) is 56.7 Å². The molecule has 2 aromatic heterocycles. The van der Waals surface area contributed by atoms with E-state index in [0.29, 0.717) is 16.9 Å². The van der Waals surface area contributed by atoms with Crippen LogP contribution in [0.5, 0.6) is 17.2 Å². The van der Waals surface area contributed by atoms with Crippen molar-refractivity contribution >= 4 is 48.0 Å². The minimum atomic E-state index is -4.51. The molecule has 5 aromatic carbocycles. The number of para-hydroxylation sites is 3. The molecule has 2 N–H and O–H groups in total. The standard InChI is InChI=1S/C42H36Cl2N5O7P/c43-26-51-35-22-12-10-20-33(35)42(29-14-4-1-5-15-29,30-16-6-2-7-17-30)52-25-32-24-37(41(53-32)49-28-48-38-39(45)46-27-47-40(38)49)56-57(50,54-31-18-8-3-9-19-31)55-36-23-13-11-21-34(36)44/h1-23,27-28,32,37,41H,24-26H2,(H2,45,46,47)/t32-,37+,41+,57?/m0/s1. The lowest BCUT2D eigenvalue weighted by Crippen LogP contribution is -2.36. The van der Waals surface area contributed by atoms with Crippen LogP contribution >= 0.6 is 31.0 Å². The summed E-state index contributed by atoms with van der Waals surface area (Å²) in [5.74, 6) is 1.09. The van der Waals surface area contributed by atoms with Crippen LogP contribution in [-0.2, 0) is 24.2 Å². The number of rotatable bonds is 15. The fourth-order valence-corrected chi connectivity index (χ4v) is 8.70. The van der Waals surface area contributed by atoms with Gasteiger partial charge in [0.1, 0.15) is 35.0 Å². The highest BCUT2D eigenvalue weighted by atomic mass is 35.5. The smallest absolute Gasteiger partial charge is 0.477 e. The van der Waals surface area contributed by atoms with E-state index >= 15 is 0 Å². The second-order valence-corrected chi connectivity index (χ2v) is 15.1. The van der Waals surface area contributed by atoms with Crippen LogP contribution in [0.15, 0.2) is 152 Å². The molecule has 1 aliphatic heterocycles. The van der Waals surface area contributed by atoms with Crippen molar-refractivity contribution in [1.29, 1.82) is 0 Å². The number of phosphoric ester groups is 1. The molecule has 15 heteroatoms. The lowest BCUT2D eigenvalue weighted by atomic mass is 9.79. The summed E-state index contributed by atoms with van der Waals surface area (Å²) in [5.41, 5.74) is 8.12. The van der Waals surface area contributed by atoms with Gasteiger partial charge in [0.2, 0.25) is 0 Å². The topological polar surface area (TPSA) is 142 Å². The zero-order chi connectivity index (χ0) is 39.2. The molecule has 1 saturated heterocycles. The Balaban J connectivity index is 1.19. The van der Waals surface area contributed by atoms with Crippen LogP contribution in [0.4, 0.5) is 5.82 Å². The van der Waals surface area contributed by atoms with Gasteiger partial charge in [-0.15, -0.1) is 0 Å².